The number of cyclic esters (lactones) is 1. The molecule has 2 aromatic rings. The molecule has 1 N–H and O–H groups in total. The zero-order chi connectivity index (χ0) is 18.4. The number of carbonyl (C=O) groups excluding carboxylic acids is 1. The highest BCUT2D eigenvalue weighted by Gasteiger charge is 2.39. The van der Waals surface area contributed by atoms with Gasteiger partial charge in [0.1, 0.15) is 17.4 Å². The molecule has 1 aromatic carbocycles. The Bertz CT molecular complexity index is 910. The van der Waals surface area contributed by atoms with Crippen molar-refractivity contribution in [3.05, 3.63) is 52.4 Å². The van der Waals surface area contributed by atoms with Crippen molar-refractivity contribution in [2.45, 2.75) is 45.1 Å². The van der Waals surface area contributed by atoms with Crippen molar-refractivity contribution in [1.29, 1.82) is 0 Å². The molecule has 1 saturated heterocycles. The number of carbonyl (C=O) groups is 1. The van der Waals surface area contributed by atoms with E-state index >= 15 is 0 Å². The Hall–Kier alpha value is -2.56. The monoisotopic (exact) mass is 342 g/mol. The molecule has 0 spiro atoms. The van der Waals surface area contributed by atoms with Crippen molar-refractivity contribution in [3.63, 3.8) is 0 Å². The second kappa shape index (κ2) is 6.06. The van der Waals surface area contributed by atoms with Crippen LogP contribution in [0.2, 0.25) is 0 Å². The summed E-state index contributed by atoms with van der Waals surface area (Å²) in [6.07, 6.45) is 2.24. The van der Waals surface area contributed by atoms with E-state index in [9.17, 15) is 14.7 Å². The minimum absolute atomic E-state index is 0.0934. The van der Waals surface area contributed by atoms with Crippen molar-refractivity contribution in [1.82, 2.24) is 0 Å². The topological polar surface area (TPSA) is 76.7 Å². The van der Waals surface area contributed by atoms with Gasteiger partial charge in [-0.1, -0.05) is 32.1 Å². The third kappa shape index (κ3) is 2.84. The van der Waals surface area contributed by atoms with E-state index in [2.05, 4.69) is 6.58 Å². The summed E-state index contributed by atoms with van der Waals surface area (Å²) in [5.41, 5.74) is -0.169. The largest absolute Gasteiger partial charge is 0.507 e. The number of benzene rings is 1. The predicted octanol–water partition coefficient (Wildman–Crippen LogP) is 3.59. The molecule has 5 heteroatoms. The van der Waals surface area contributed by atoms with Gasteiger partial charge in [-0.2, -0.15) is 0 Å². The number of aromatic hydroxyl groups is 1. The lowest BCUT2D eigenvalue weighted by Gasteiger charge is -2.28. The molecule has 0 bridgehead atoms. The summed E-state index contributed by atoms with van der Waals surface area (Å²) in [6, 6.07) is 5.27. The SMILES string of the molecule is C=C[C@](C)(C[C@@H]1C[C@@H](C)C(=O)O1)c1c(O)c2c(C)cccc2oc1=O. The summed E-state index contributed by atoms with van der Waals surface area (Å²) in [4.78, 5) is 24.3. The summed E-state index contributed by atoms with van der Waals surface area (Å²) < 4.78 is 10.8. The van der Waals surface area contributed by atoms with Crippen molar-refractivity contribution >= 4 is 16.9 Å². The molecule has 3 atom stereocenters. The Morgan fingerprint density at radius 2 is 2.12 bits per heavy atom. The molecule has 0 saturated carbocycles. The fourth-order valence-corrected chi connectivity index (χ4v) is 3.61. The maximum absolute atomic E-state index is 12.6. The van der Waals surface area contributed by atoms with E-state index in [1.807, 2.05) is 19.9 Å². The zero-order valence-corrected chi connectivity index (χ0v) is 14.7. The number of ether oxygens (including phenoxy) is 1. The van der Waals surface area contributed by atoms with E-state index in [1.165, 1.54) is 0 Å². The molecule has 2 heterocycles. The van der Waals surface area contributed by atoms with Crippen LogP contribution in [0, 0.1) is 12.8 Å². The fraction of sp³-hybridized carbons (Fsp3) is 0.400. The highest BCUT2D eigenvalue weighted by molar-refractivity contribution is 5.87. The third-order valence-corrected chi connectivity index (χ3v) is 5.09. The number of fused-ring (bicyclic) bond motifs is 1. The lowest BCUT2D eigenvalue weighted by molar-refractivity contribution is -0.144. The average molecular weight is 342 g/mol. The van der Waals surface area contributed by atoms with Crippen molar-refractivity contribution in [2.24, 2.45) is 5.92 Å². The molecule has 1 aliphatic rings. The first-order valence-corrected chi connectivity index (χ1v) is 8.37. The first-order valence-electron chi connectivity index (χ1n) is 8.37. The van der Waals surface area contributed by atoms with Gasteiger partial charge in [-0.05, 0) is 31.4 Å². The van der Waals surface area contributed by atoms with Gasteiger partial charge in [0.05, 0.1) is 16.9 Å². The van der Waals surface area contributed by atoms with Crippen molar-refractivity contribution < 1.29 is 19.1 Å². The van der Waals surface area contributed by atoms with Gasteiger partial charge >= 0.3 is 11.6 Å². The smallest absolute Gasteiger partial charge is 0.344 e. The van der Waals surface area contributed by atoms with Crippen LogP contribution in [0.15, 0.2) is 40.1 Å². The van der Waals surface area contributed by atoms with E-state index in [4.69, 9.17) is 9.15 Å². The van der Waals surface area contributed by atoms with Gasteiger partial charge in [-0.3, -0.25) is 4.79 Å². The predicted molar refractivity (Wildman–Crippen MR) is 94.7 cm³/mol. The number of aryl methyl sites for hydroxylation is 1. The third-order valence-electron chi connectivity index (χ3n) is 5.09. The Morgan fingerprint density at radius 3 is 2.72 bits per heavy atom. The average Bonchev–Trinajstić information content (AvgIpc) is 2.84. The standard InChI is InChI=1S/C20H22O5/c1-5-20(4,10-13-9-12(3)18(22)24-13)16-17(21)15-11(2)7-6-8-14(15)25-19(16)23/h5-8,12-13,21H,1,9-10H2,2-4H3/t12-,13+,20-/m1/s1. The molecular formula is C20H22O5. The van der Waals surface area contributed by atoms with Crippen molar-refractivity contribution in [3.8, 4) is 5.75 Å². The molecule has 25 heavy (non-hydrogen) atoms. The Kier molecular flexibility index (Phi) is 4.19. The minimum atomic E-state index is -0.879. The van der Waals surface area contributed by atoms with E-state index < -0.39 is 11.0 Å². The van der Waals surface area contributed by atoms with Crippen LogP contribution in [-0.4, -0.2) is 17.2 Å². The summed E-state index contributed by atoms with van der Waals surface area (Å²) >= 11 is 0. The fourth-order valence-electron chi connectivity index (χ4n) is 3.61. The molecule has 0 unspecified atom stereocenters. The van der Waals surface area contributed by atoms with Gasteiger partial charge in [-0.15, -0.1) is 6.58 Å². The quantitative estimate of drug-likeness (QED) is 0.522. The molecular weight excluding hydrogens is 320 g/mol. The lowest BCUT2D eigenvalue weighted by Crippen LogP contribution is -2.31. The van der Waals surface area contributed by atoms with Crippen LogP contribution < -0.4 is 5.63 Å². The second-order valence-corrected chi connectivity index (χ2v) is 7.08. The van der Waals surface area contributed by atoms with Crippen LogP contribution in [0.1, 0.15) is 37.8 Å². The summed E-state index contributed by atoms with van der Waals surface area (Å²) in [6.45, 7) is 9.30. The first kappa shape index (κ1) is 17.3. The molecule has 0 radical (unpaired) electrons. The van der Waals surface area contributed by atoms with Crippen molar-refractivity contribution in [2.75, 3.05) is 0 Å². The molecule has 1 fully saturated rings. The first-order chi connectivity index (χ1) is 11.8. The number of hydrogen-bond acceptors (Lipinski definition) is 5. The van der Waals surface area contributed by atoms with Gasteiger partial charge in [0, 0.05) is 5.41 Å². The maximum atomic E-state index is 12.6. The number of rotatable bonds is 4. The van der Waals surface area contributed by atoms with Gasteiger partial charge in [0.25, 0.3) is 0 Å². The normalized spacial score (nSPS) is 22.6. The van der Waals surface area contributed by atoms with E-state index in [1.54, 1.807) is 25.1 Å². The number of hydrogen-bond donors (Lipinski definition) is 1. The van der Waals surface area contributed by atoms with Crippen LogP contribution in [0.3, 0.4) is 0 Å². The second-order valence-electron chi connectivity index (χ2n) is 7.08. The van der Waals surface area contributed by atoms with Crippen LogP contribution >= 0.6 is 0 Å². The molecule has 3 rings (SSSR count). The molecule has 0 aliphatic carbocycles. The van der Waals surface area contributed by atoms with Gasteiger partial charge in [0.2, 0.25) is 0 Å². The molecule has 1 aliphatic heterocycles. The number of allylic oxidation sites excluding steroid dienone is 1. The Morgan fingerprint density at radius 1 is 1.40 bits per heavy atom. The van der Waals surface area contributed by atoms with Crippen LogP contribution in [-0.2, 0) is 14.9 Å². The van der Waals surface area contributed by atoms with E-state index in [-0.39, 0.29) is 29.3 Å². The highest BCUT2D eigenvalue weighted by Crippen LogP contribution is 2.40. The minimum Gasteiger partial charge on any atom is -0.507 e. The molecule has 0 amide bonds. The van der Waals surface area contributed by atoms with Gasteiger partial charge in [0.15, 0.2) is 0 Å². The van der Waals surface area contributed by atoms with E-state index in [0.717, 1.165) is 5.56 Å². The van der Waals surface area contributed by atoms with E-state index in [0.29, 0.717) is 23.8 Å². The molecule has 5 nitrogen and oxygen atoms in total. The molecule has 1 aromatic heterocycles. The summed E-state index contributed by atoms with van der Waals surface area (Å²) in [7, 11) is 0. The van der Waals surface area contributed by atoms with Gasteiger partial charge in [-0.25, -0.2) is 4.79 Å². The Labute approximate surface area is 145 Å². The number of esters is 1. The van der Waals surface area contributed by atoms with Gasteiger partial charge < -0.3 is 14.3 Å². The lowest BCUT2D eigenvalue weighted by atomic mass is 9.77. The summed E-state index contributed by atoms with van der Waals surface area (Å²) in [5.74, 6) is -0.492. The maximum Gasteiger partial charge on any atom is 0.344 e. The van der Waals surface area contributed by atoms with Crippen LogP contribution in [0.25, 0.3) is 11.0 Å². The highest BCUT2D eigenvalue weighted by atomic mass is 16.5. The van der Waals surface area contributed by atoms with Crippen LogP contribution in [0.4, 0.5) is 0 Å². The Balaban J connectivity index is 2.12. The zero-order valence-electron chi connectivity index (χ0n) is 14.7. The molecule has 132 valence electrons. The van der Waals surface area contributed by atoms with Crippen LogP contribution in [0.5, 0.6) is 5.75 Å². The summed E-state index contributed by atoms with van der Waals surface area (Å²) in [5, 5.41) is 11.4.